The second-order valence-electron chi connectivity index (χ2n) is 6.85. The minimum atomic E-state index is -0.465. The van der Waals surface area contributed by atoms with Crippen LogP contribution in [0.1, 0.15) is 59.8 Å². The van der Waals surface area contributed by atoms with Gasteiger partial charge in [-0.15, -0.1) is 0 Å². The van der Waals surface area contributed by atoms with Crippen molar-refractivity contribution in [1.82, 2.24) is 0 Å². The Hall–Kier alpha value is -1.18. The van der Waals surface area contributed by atoms with Gasteiger partial charge >= 0.3 is 11.9 Å². The molecule has 0 aromatic carbocycles. The van der Waals surface area contributed by atoms with E-state index < -0.39 is 5.60 Å². The fourth-order valence-electron chi connectivity index (χ4n) is 1.90. The van der Waals surface area contributed by atoms with Crippen molar-refractivity contribution in [1.29, 1.82) is 0 Å². The second-order valence-corrected chi connectivity index (χ2v) is 6.85. The lowest BCUT2D eigenvalue weighted by Gasteiger charge is -2.19. The van der Waals surface area contributed by atoms with Crippen LogP contribution in [0.4, 0.5) is 0 Å². The van der Waals surface area contributed by atoms with E-state index in [0.29, 0.717) is 46.1 Å². The predicted octanol–water partition coefficient (Wildman–Crippen LogP) is 2.89. The average molecular weight is 376 g/mol. The topological polar surface area (TPSA) is 80.3 Å². The van der Waals surface area contributed by atoms with Gasteiger partial charge in [0, 0.05) is 6.42 Å². The van der Waals surface area contributed by atoms with Crippen molar-refractivity contribution < 1.29 is 33.3 Å². The highest BCUT2D eigenvalue weighted by atomic mass is 16.6. The molecule has 0 radical (unpaired) electrons. The highest BCUT2D eigenvalue weighted by Gasteiger charge is 2.15. The molecule has 0 aromatic heterocycles. The van der Waals surface area contributed by atoms with Crippen LogP contribution in [0.15, 0.2) is 0 Å². The van der Waals surface area contributed by atoms with Crippen molar-refractivity contribution in [3.63, 3.8) is 0 Å². The average Bonchev–Trinajstić information content (AvgIpc) is 2.54. The molecule has 0 N–H and O–H groups in total. The zero-order chi connectivity index (χ0) is 19.7. The van der Waals surface area contributed by atoms with Crippen LogP contribution < -0.4 is 0 Å². The molecule has 154 valence electrons. The Labute approximate surface area is 157 Å². The molecule has 7 heteroatoms. The summed E-state index contributed by atoms with van der Waals surface area (Å²) in [5, 5.41) is 0. The van der Waals surface area contributed by atoms with Gasteiger partial charge in [-0.05, 0) is 27.2 Å². The van der Waals surface area contributed by atoms with Gasteiger partial charge in [-0.1, -0.05) is 19.8 Å². The molecule has 7 nitrogen and oxygen atoms in total. The van der Waals surface area contributed by atoms with Gasteiger partial charge < -0.3 is 23.7 Å². The number of esters is 2. The fourth-order valence-corrected chi connectivity index (χ4v) is 1.90. The maximum atomic E-state index is 11.4. The molecule has 0 amide bonds. The summed E-state index contributed by atoms with van der Waals surface area (Å²) in [6, 6.07) is 0. The number of hydrogen-bond acceptors (Lipinski definition) is 7. The smallest absolute Gasteiger partial charge is 0.308 e. The fraction of sp³-hybridized carbons (Fsp3) is 0.895. The number of rotatable bonds is 16. The van der Waals surface area contributed by atoms with Crippen molar-refractivity contribution in [2.75, 3.05) is 46.2 Å². The van der Waals surface area contributed by atoms with Crippen LogP contribution in [-0.4, -0.2) is 63.8 Å². The molecule has 0 atom stereocenters. The summed E-state index contributed by atoms with van der Waals surface area (Å²) in [6.45, 7) is 10.3. The molecule has 0 spiro atoms. The Morgan fingerprint density at radius 3 is 1.77 bits per heavy atom. The van der Waals surface area contributed by atoms with Gasteiger partial charge in [-0.3, -0.25) is 9.59 Å². The van der Waals surface area contributed by atoms with Crippen LogP contribution in [0.25, 0.3) is 0 Å². The highest BCUT2D eigenvalue weighted by Crippen LogP contribution is 2.08. The van der Waals surface area contributed by atoms with Crippen LogP contribution in [0.3, 0.4) is 0 Å². The van der Waals surface area contributed by atoms with Crippen LogP contribution in [0, 0.1) is 0 Å². The normalized spacial score (nSPS) is 11.4. The van der Waals surface area contributed by atoms with Crippen LogP contribution in [0.2, 0.25) is 0 Å². The lowest BCUT2D eigenvalue weighted by molar-refractivity contribution is -0.156. The van der Waals surface area contributed by atoms with Gasteiger partial charge in [0.1, 0.15) is 12.2 Å². The third-order valence-corrected chi connectivity index (χ3v) is 3.09. The van der Waals surface area contributed by atoms with E-state index in [0.717, 1.165) is 19.3 Å². The Morgan fingerprint density at radius 1 is 0.692 bits per heavy atom. The molecule has 0 unspecified atom stereocenters. The summed E-state index contributed by atoms with van der Waals surface area (Å²) < 4.78 is 26.2. The largest absolute Gasteiger partial charge is 0.463 e. The summed E-state index contributed by atoms with van der Waals surface area (Å²) in [4.78, 5) is 22.8. The molecule has 0 saturated heterocycles. The molecule has 0 aromatic rings. The van der Waals surface area contributed by atoms with Gasteiger partial charge in [0.15, 0.2) is 0 Å². The predicted molar refractivity (Wildman–Crippen MR) is 98.0 cm³/mol. The maximum absolute atomic E-state index is 11.4. The van der Waals surface area contributed by atoms with Crippen LogP contribution in [0.5, 0.6) is 0 Å². The molecule has 0 bridgehead atoms. The van der Waals surface area contributed by atoms with Crippen LogP contribution >= 0.6 is 0 Å². The Kier molecular flexibility index (Phi) is 15.3. The number of unbranched alkanes of at least 4 members (excludes halogenated alkanes) is 2. The standard InChI is InChI=1S/C19H36O7/c1-5-6-7-8-17(20)25-16-15-24-14-13-23-12-11-22-10-9-18(21)26-19(2,3)4/h5-16H2,1-4H3. The first-order chi connectivity index (χ1) is 12.3. The first-order valence-electron chi connectivity index (χ1n) is 9.46. The Morgan fingerprint density at radius 2 is 1.23 bits per heavy atom. The first-order valence-corrected chi connectivity index (χ1v) is 9.46. The van der Waals surface area contributed by atoms with E-state index in [1.165, 1.54) is 0 Å². The summed E-state index contributed by atoms with van der Waals surface area (Å²) in [5.74, 6) is -0.431. The summed E-state index contributed by atoms with van der Waals surface area (Å²) in [6.07, 6.45) is 3.73. The molecular weight excluding hydrogens is 340 g/mol. The molecular formula is C19H36O7. The third-order valence-electron chi connectivity index (χ3n) is 3.09. The molecule has 0 aliphatic rings. The lowest BCUT2D eigenvalue weighted by atomic mass is 10.2. The molecule has 0 fully saturated rings. The van der Waals surface area contributed by atoms with Crippen LogP contribution in [-0.2, 0) is 33.3 Å². The van der Waals surface area contributed by atoms with Gasteiger partial charge in [0.05, 0.1) is 46.1 Å². The van der Waals surface area contributed by atoms with Gasteiger partial charge in [0.25, 0.3) is 0 Å². The summed E-state index contributed by atoms with van der Waals surface area (Å²) in [5.41, 5.74) is -0.465. The maximum Gasteiger partial charge on any atom is 0.308 e. The number of hydrogen-bond donors (Lipinski definition) is 0. The van der Waals surface area contributed by atoms with E-state index in [1.54, 1.807) is 0 Å². The lowest BCUT2D eigenvalue weighted by Crippen LogP contribution is -2.24. The molecule has 26 heavy (non-hydrogen) atoms. The zero-order valence-corrected chi connectivity index (χ0v) is 16.8. The third kappa shape index (κ3) is 19.1. The van der Waals surface area contributed by atoms with Crippen molar-refractivity contribution in [3.05, 3.63) is 0 Å². The van der Waals surface area contributed by atoms with Crippen molar-refractivity contribution in [3.8, 4) is 0 Å². The summed E-state index contributed by atoms with van der Waals surface area (Å²) in [7, 11) is 0. The molecule has 0 rings (SSSR count). The van der Waals surface area contributed by atoms with Gasteiger partial charge in [-0.25, -0.2) is 0 Å². The van der Waals surface area contributed by atoms with Gasteiger partial charge in [0.2, 0.25) is 0 Å². The number of ether oxygens (including phenoxy) is 5. The minimum absolute atomic E-state index is 0.165. The number of carbonyl (C=O) groups excluding carboxylic acids is 2. The first kappa shape index (κ1) is 24.8. The molecule has 0 saturated carbocycles. The van der Waals surface area contributed by atoms with Crippen molar-refractivity contribution in [2.24, 2.45) is 0 Å². The monoisotopic (exact) mass is 376 g/mol. The van der Waals surface area contributed by atoms with E-state index >= 15 is 0 Å². The highest BCUT2D eigenvalue weighted by molar-refractivity contribution is 5.70. The van der Waals surface area contributed by atoms with E-state index in [4.69, 9.17) is 23.7 Å². The summed E-state index contributed by atoms with van der Waals surface area (Å²) >= 11 is 0. The van der Waals surface area contributed by atoms with Crippen molar-refractivity contribution >= 4 is 11.9 Å². The van der Waals surface area contributed by atoms with E-state index in [1.807, 2.05) is 20.8 Å². The molecule has 0 aliphatic heterocycles. The SMILES string of the molecule is CCCCCC(=O)OCCOCCOCCOCCC(=O)OC(C)(C)C. The quantitative estimate of drug-likeness (QED) is 0.303. The minimum Gasteiger partial charge on any atom is -0.463 e. The van der Waals surface area contributed by atoms with Gasteiger partial charge in [-0.2, -0.15) is 0 Å². The molecule has 0 aliphatic carbocycles. The Bertz CT molecular complexity index is 363. The number of carbonyl (C=O) groups is 2. The second kappa shape index (κ2) is 16.0. The van der Waals surface area contributed by atoms with Crippen molar-refractivity contribution in [2.45, 2.75) is 65.4 Å². The zero-order valence-electron chi connectivity index (χ0n) is 16.8. The van der Waals surface area contributed by atoms with E-state index in [9.17, 15) is 9.59 Å². The Balaban J connectivity index is 3.25. The van der Waals surface area contributed by atoms with E-state index in [2.05, 4.69) is 6.92 Å². The van der Waals surface area contributed by atoms with E-state index in [-0.39, 0.29) is 25.0 Å². The molecule has 0 heterocycles.